The molecule has 0 aromatic carbocycles. The second-order valence-electron chi connectivity index (χ2n) is 6.13. The largest absolute Gasteiger partial charge is 0.375 e. The van der Waals surface area contributed by atoms with Crippen LogP contribution in [0.15, 0.2) is 0 Å². The molecule has 17 heavy (non-hydrogen) atoms. The molecule has 4 nitrogen and oxygen atoms in total. The summed E-state index contributed by atoms with van der Waals surface area (Å²) in [4.78, 5) is 13.9. The second-order valence-corrected chi connectivity index (χ2v) is 6.13. The highest BCUT2D eigenvalue weighted by Crippen LogP contribution is 2.17. The summed E-state index contributed by atoms with van der Waals surface area (Å²) >= 11 is 0. The molecular weight excluding hydrogens is 216 g/mol. The highest BCUT2D eigenvalue weighted by Gasteiger charge is 2.18. The van der Waals surface area contributed by atoms with E-state index >= 15 is 0 Å². The van der Waals surface area contributed by atoms with Gasteiger partial charge >= 0.3 is 0 Å². The van der Waals surface area contributed by atoms with Gasteiger partial charge in [-0.3, -0.25) is 4.79 Å². The first-order valence-electron chi connectivity index (χ1n) is 6.44. The van der Waals surface area contributed by atoms with E-state index in [0.29, 0.717) is 13.0 Å². The van der Waals surface area contributed by atoms with Crippen LogP contribution in [0.4, 0.5) is 0 Å². The topological polar surface area (TPSA) is 41.6 Å². The third-order valence-electron chi connectivity index (χ3n) is 2.82. The van der Waals surface area contributed by atoms with E-state index in [1.54, 1.807) is 0 Å². The van der Waals surface area contributed by atoms with E-state index in [4.69, 9.17) is 4.74 Å². The van der Waals surface area contributed by atoms with Gasteiger partial charge in [0.15, 0.2) is 0 Å². The summed E-state index contributed by atoms with van der Waals surface area (Å²) in [5, 5.41) is 2.96. The van der Waals surface area contributed by atoms with Crippen molar-refractivity contribution >= 4 is 5.91 Å². The fraction of sp³-hybridized carbons (Fsp3) is 0.923. The van der Waals surface area contributed by atoms with Crippen LogP contribution in [0.25, 0.3) is 0 Å². The van der Waals surface area contributed by atoms with E-state index in [1.165, 1.54) is 0 Å². The van der Waals surface area contributed by atoms with Gasteiger partial charge in [0.1, 0.15) is 0 Å². The van der Waals surface area contributed by atoms with Crippen LogP contribution in [0.1, 0.15) is 33.6 Å². The van der Waals surface area contributed by atoms with E-state index < -0.39 is 0 Å². The molecule has 1 aliphatic heterocycles. The SMILES string of the molecule is CN1CCOC(CCNC(=O)CC(C)(C)C)C1. The number of carbonyl (C=O) groups is 1. The number of hydrogen-bond acceptors (Lipinski definition) is 3. The van der Waals surface area contributed by atoms with Crippen LogP contribution in [0.3, 0.4) is 0 Å². The highest BCUT2D eigenvalue weighted by molar-refractivity contribution is 5.76. The van der Waals surface area contributed by atoms with Crippen molar-refractivity contribution in [1.82, 2.24) is 10.2 Å². The Morgan fingerprint density at radius 1 is 1.47 bits per heavy atom. The first-order valence-corrected chi connectivity index (χ1v) is 6.44. The summed E-state index contributed by atoms with van der Waals surface area (Å²) in [7, 11) is 2.10. The summed E-state index contributed by atoms with van der Waals surface area (Å²) in [6.45, 7) is 9.72. The third kappa shape index (κ3) is 6.64. The molecule has 1 rings (SSSR count). The summed E-state index contributed by atoms with van der Waals surface area (Å²) in [6, 6.07) is 0. The minimum atomic E-state index is 0.0612. The van der Waals surface area contributed by atoms with E-state index in [9.17, 15) is 4.79 Å². The lowest BCUT2D eigenvalue weighted by molar-refractivity contribution is -0.123. The van der Waals surface area contributed by atoms with Crippen molar-refractivity contribution in [2.24, 2.45) is 5.41 Å². The van der Waals surface area contributed by atoms with Crippen molar-refractivity contribution in [3.05, 3.63) is 0 Å². The van der Waals surface area contributed by atoms with Crippen LogP contribution in [0.5, 0.6) is 0 Å². The lowest BCUT2D eigenvalue weighted by Crippen LogP contribution is -2.41. The average molecular weight is 242 g/mol. The third-order valence-corrected chi connectivity index (χ3v) is 2.82. The molecule has 1 saturated heterocycles. The Morgan fingerprint density at radius 3 is 2.76 bits per heavy atom. The number of likely N-dealkylation sites (N-methyl/N-ethyl adjacent to an activating group) is 1. The summed E-state index contributed by atoms with van der Waals surface area (Å²) in [6.07, 6.45) is 1.75. The lowest BCUT2D eigenvalue weighted by atomic mass is 9.92. The molecule has 0 aliphatic carbocycles. The van der Waals surface area contributed by atoms with Crippen LogP contribution in [0.2, 0.25) is 0 Å². The van der Waals surface area contributed by atoms with Gasteiger partial charge in [-0.15, -0.1) is 0 Å². The van der Waals surface area contributed by atoms with Gasteiger partial charge in [-0.1, -0.05) is 20.8 Å². The molecule has 1 heterocycles. The van der Waals surface area contributed by atoms with Crippen LogP contribution in [0, 0.1) is 5.41 Å². The van der Waals surface area contributed by atoms with E-state index in [1.807, 2.05) is 0 Å². The molecule has 0 radical (unpaired) electrons. The molecule has 0 bridgehead atoms. The smallest absolute Gasteiger partial charge is 0.220 e. The average Bonchev–Trinajstić information content (AvgIpc) is 2.14. The zero-order valence-corrected chi connectivity index (χ0v) is 11.6. The summed E-state index contributed by atoms with van der Waals surface area (Å²) in [5.41, 5.74) is 0.0612. The molecule has 0 saturated carbocycles. The quantitative estimate of drug-likeness (QED) is 0.807. The molecule has 1 N–H and O–H groups in total. The van der Waals surface area contributed by atoms with Gasteiger partial charge < -0.3 is 15.0 Å². The maximum atomic E-state index is 11.6. The molecule has 0 spiro atoms. The monoisotopic (exact) mass is 242 g/mol. The van der Waals surface area contributed by atoms with Crippen molar-refractivity contribution in [3.63, 3.8) is 0 Å². The van der Waals surface area contributed by atoms with Gasteiger partial charge in [0.2, 0.25) is 5.91 Å². The van der Waals surface area contributed by atoms with Crippen molar-refractivity contribution in [3.8, 4) is 0 Å². The summed E-state index contributed by atoms with van der Waals surface area (Å²) < 4.78 is 5.64. The van der Waals surface area contributed by atoms with Crippen molar-refractivity contribution < 1.29 is 9.53 Å². The Kier molecular flexibility index (Phi) is 5.40. The molecule has 1 aliphatic rings. The van der Waals surface area contributed by atoms with Gasteiger partial charge in [-0.05, 0) is 18.9 Å². The Labute approximate surface area is 105 Å². The van der Waals surface area contributed by atoms with E-state index in [2.05, 4.69) is 38.0 Å². The van der Waals surface area contributed by atoms with Crippen molar-refractivity contribution in [2.45, 2.75) is 39.7 Å². The molecule has 1 fully saturated rings. The fourth-order valence-corrected chi connectivity index (χ4v) is 1.96. The number of nitrogens with zero attached hydrogens (tertiary/aromatic N) is 1. The van der Waals surface area contributed by atoms with Gasteiger partial charge in [-0.2, -0.15) is 0 Å². The van der Waals surface area contributed by atoms with Gasteiger partial charge in [-0.25, -0.2) is 0 Å². The number of morpholine rings is 1. The molecular formula is C13H26N2O2. The van der Waals surface area contributed by atoms with Crippen LogP contribution in [-0.2, 0) is 9.53 Å². The van der Waals surface area contributed by atoms with Gasteiger partial charge in [0, 0.05) is 26.1 Å². The number of carbonyl (C=O) groups excluding carboxylic acids is 1. The standard InChI is InChI=1S/C13H26N2O2/c1-13(2,3)9-12(16)14-6-5-11-10-15(4)7-8-17-11/h11H,5-10H2,1-4H3,(H,14,16). The minimum Gasteiger partial charge on any atom is -0.375 e. The Hall–Kier alpha value is -0.610. The first-order chi connectivity index (χ1) is 7.87. The second kappa shape index (κ2) is 6.36. The number of rotatable bonds is 4. The molecule has 1 amide bonds. The van der Waals surface area contributed by atoms with E-state index in [-0.39, 0.29) is 17.4 Å². The predicted molar refractivity (Wildman–Crippen MR) is 68.9 cm³/mol. The van der Waals surface area contributed by atoms with Gasteiger partial charge in [0.25, 0.3) is 0 Å². The van der Waals surface area contributed by atoms with Crippen LogP contribution in [-0.4, -0.2) is 50.2 Å². The normalized spacial score (nSPS) is 22.5. The van der Waals surface area contributed by atoms with Crippen LogP contribution >= 0.6 is 0 Å². The molecule has 1 unspecified atom stereocenters. The number of hydrogen-bond donors (Lipinski definition) is 1. The maximum Gasteiger partial charge on any atom is 0.220 e. The number of amides is 1. The Morgan fingerprint density at radius 2 is 2.18 bits per heavy atom. The van der Waals surface area contributed by atoms with Crippen molar-refractivity contribution in [1.29, 1.82) is 0 Å². The van der Waals surface area contributed by atoms with E-state index in [0.717, 1.165) is 26.1 Å². The van der Waals surface area contributed by atoms with Crippen LogP contribution < -0.4 is 5.32 Å². The lowest BCUT2D eigenvalue weighted by Gasteiger charge is -2.30. The Bertz CT molecular complexity index is 248. The number of ether oxygens (including phenoxy) is 1. The molecule has 0 aromatic heterocycles. The zero-order valence-electron chi connectivity index (χ0n) is 11.6. The first kappa shape index (κ1) is 14.5. The minimum absolute atomic E-state index is 0.0612. The highest BCUT2D eigenvalue weighted by atomic mass is 16.5. The summed E-state index contributed by atoms with van der Waals surface area (Å²) in [5.74, 6) is 0.140. The molecule has 4 heteroatoms. The van der Waals surface area contributed by atoms with Gasteiger partial charge in [0.05, 0.1) is 12.7 Å². The molecule has 0 aromatic rings. The zero-order chi connectivity index (χ0) is 12.9. The number of nitrogens with one attached hydrogen (secondary N) is 1. The molecule has 100 valence electrons. The maximum absolute atomic E-state index is 11.6. The Balaban J connectivity index is 2.13. The molecule has 1 atom stereocenters. The predicted octanol–water partition coefficient (Wildman–Crippen LogP) is 1.26. The fourth-order valence-electron chi connectivity index (χ4n) is 1.96. The van der Waals surface area contributed by atoms with Crippen molar-refractivity contribution in [2.75, 3.05) is 33.3 Å².